The van der Waals surface area contributed by atoms with Crippen molar-refractivity contribution in [2.75, 3.05) is 32.3 Å². The molecule has 0 radical (unpaired) electrons. The highest BCUT2D eigenvalue weighted by atomic mass is 32.2. The van der Waals surface area contributed by atoms with Crippen LogP contribution in [0.5, 0.6) is 0 Å². The van der Waals surface area contributed by atoms with Gasteiger partial charge in [-0.25, -0.2) is 0 Å². The Morgan fingerprint density at radius 3 is 2.69 bits per heavy atom. The van der Waals surface area contributed by atoms with Gasteiger partial charge in [0.2, 0.25) is 0 Å². The van der Waals surface area contributed by atoms with Crippen LogP contribution < -0.4 is 5.32 Å². The highest BCUT2D eigenvalue weighted by molar-refractivity contribution is 7.85. The summed E-state index contributed by atoms with van der Waals surface area (Å²) in [6, 6.07) is 0.450. The van der Waals surface area contributed by atoms with Gasteiger partial charge in [0, 0.05) is 42.1 Å². The van der Waals surface area contributed by atoms with Crippen LogP contribution in [0.4, 0.5) is 0 Å². The molecule has 0 saturated heterocycles. The summed E-state index contributed by atoms with van der Waals surface area (Å²) in [4.78, 5) is 0. The van der Waals surface area contributed by atoms with Crippen LogP contribution >= 0.6 is 0 Å². The van der Waals surface area contributed by atoms with Crippen LogP contribution in [-0.4, -0.2) is 42.5 Å². The Labute approximate surface area is 102 Å². The molecule has 0 aromatic carbocycles. The lowest BCUT2D eigenvalue weighted by Crippen LogP contribution is -2.37. The SMILES string of the molecule is CNC(CS(=O)CCCOC)C1CCCC1. The number of hydrogen-bond acceptors (Lipinski definition) is 3. The molecule has 1 rings (SSSR count). The normalized spacial score (nSPS) is 21.1. The third kappa shape index (κ3) is 4.93. The Morgan fingerprint density at radius 2 is 2.12 bits per heavy atom. The first-order valence-corrected chi connectivity index (χ1v) is 7.78. The predicted octanol–water partition coefficient (Wildman–Crippen LogP) is 1.55. The molecule has 96 valence electrons. The summed E-state index contributed by atoms with van der Waals surface area (Å²) in [5, 5.41) is 3.34. The highest BCUT2D eigenvalue weighted by Gasteiger charge is 2.24. The van der Waals surface area contributed by atoms with Crippen molar-refractivity contribution in [1.82, 2.24) is 5.32 Å². The summed E-state index contributed by atoms with van der Waals surface area (Å²) in [7, 11) is 3.00. The van der Waals surface area contributed by atoms with Crippen molar-refractivity contribution in [1.29, 1.82) is 0 Å². The highest BCUT2D eigenvalue weighted by Crippen LogP contribution is 2.27. The molecule has 0 spiro atoms. The summed E-state index contributed by atoms with van der Waals surface area (Å²) in [5.41, 5.74) is 0. The third-order valence-corrected chi connectivity index (χ3v) is 4.90. The molecule has 2 atom stereocenters. The largest absolute Gasteiger partial charge is 0.385 e. The van der Waals surface area contributed by atoms with Crippen molar-refractivity contribution < 1.29 is 8.95 Å². The second-order valence-corrected chi connectivity index (χ2v) is 6.22. The van der Waals surface area contributed by atoms with Crippen molar-refractivity contribution in [2.24, 2.45) is 5.92 Å². The van der Waals surface area contributed by atoms with Gasteiger partial charge in [-0.2, -0.15) is 0 Å². The van der Waals surface area contributed by atoms with Crippen LogP contribution in [0.3, 0.4) is 0 Å². The smallest absolute Gasteiger partial charge is 0.0471 e. The minimum Gasteiger partial charge on any atom is -0.385 e. The molecular weight excluding hydrogens is 222 g/mol. The lowest BCUT2D eigenvalue weighted by Gasteiger charge is -2.22. The van der Waals surface area contributed by atoms with E-state index in [0.29, 0.717) is 6.04 Å². The molecular formula is C12H25NO2S. The summed E-state index contributed by atoms with van der Waals surface area (Å²) >= 11 is 0. The number of rotatable bonds is 8. The molecule has 0 aliphatic heterocycles. The maximum Gasteiger partial charge on any atom is 0.0471 e. The number of methoxy groups -OCH3 is 1. The summed E-state index contributed by atoms with van der Waals surface area (Å²) in [6.07, 6.45) is 6.21. The fourth-order valence-electron chi connectivity index (χ4n) is 2.46. The number of hydrogen-bond donors (Lipinski definition) is 1. The maximum atomic E-state index is 11.9. The van der Waals surface area contributed by atoms with Crippen LogP contribution in [0.1, 0.15) is 32.1 Å². The molecule has 0 aromatic heterocycles. The molecule has 0 amide bonds. The van der Waals surface area contributed by atoms with E-state index >= 15 is 0 Å². The van der Waals surface area contributed by atoms with E-state index in [0.717, 1.165) is 30.5 Å². The first-order valence-electron chi connectivity index (χ1n) is 6.29. The minimum atomic E-state index is -0.690. The van der Waals surface area contributed by atoms with E-state index in [-0.39, 0.29) is 0 Å². The average Bonchev–Trinajstić information content (AvgIpc) is 2.79. The zero-order valence-corrected chi connectivity index (χ0v) is 11.4. The molecule has 4 heteroatoms. The standard InChI is InChI=1S/C12H25NO2S/c1-13-12(11-6-3-4-7-11)10-16(14)9-5-8-15-2/h11-13H,3-10H2,1-2H3. The first kappa shape index (κ1) is 14.1. The Hall–Kier alpha value is 0.0700. The Bertz CT molecular complexity index is 205. The van der Waals surface area contributed by atoms with Crippen molar-refractivity contribution in [3.63, 3.8) is 0 Å². The molecule has 1 N–H and O–H groups in total. The van der Waals surface area contributed by atoms with E-state index < -0.39 is 10.8 Å². The van der Waals surface area contributed by atoms with Crippen LogP contribution in [-0.2, 0) is 15.5 Å². The topological polar surface area (TPSA) is 38.3 Å². The molecule has 1 aliphatic rings. The molecule has 2 unspecified atom stereocenters. The molecule has 0 heterocycles. The van der Waals surface area contributed by atoms with E-state index in [1.165, 1.54) is 25.7 Å². The lowest BCUT2D eigenvalue weighted by atomic mass is 10.0. The number of nitrogens with one attached hydrogen (secondary N) is 1. The van der Waals surface area contributed by atoms with E-state index in [9.17, 15) is 4.21 Å². The maximum absolute atomic E-state index is 11.9. The Kier molecular flexibility index (Phi) is 7.25. The minimum absolute atomic E-state index is 0.450. The van der Waals surface area contributed by atoms with Gasteiger partial charge in [-0.3, -0.25) is 4.21 Å². The Morgan fingerprint density at radius 1 is 1.44 bits per heavy atom. The fourth-order valence-corrected chi connectivity index (χ4v) is 3.91. The Balaban J connectivity index is 2.23. The van der Waals surface area contributed by atoms with Crippen molar-refractivity contribution >= 4 is 10.8 Å². The zero-order valence-electron chi connectivity index (χ0n) is 10.5. The van der Waals surface area contributed by atoms with Crippen molar-refractivity contribution in [3.8, 4) is 0 Å². The van der Waals surface area contributed by atoms with E-state index in [1.807, 2.05) is 7.05 Å². The first-order chi connectivity index (χ1) is 7.77. The average molecular weight is 247 g/mol. The monoisotopic (exact) mass is 247 g/mol. The van der Waals surface area contributed by atoms with Gasteiger partial charge in [0.25, 0.3) is 0 Å². The van der Waals surface area contributed by atoms with Gasteiger partial charge in [0.15, 0.2) is 0 Å². The van der Waals surface area contributed by atoms with Crippen LogP contribution in [0.2, 0.25) is 0 Å². The molecule has 1 saturated carbocycles. The van der Waals surface area contributed by atoms with E-state index in [2.05, 4.69) is 5.32 Å². The van der Waals surface area contributed by atoms with E-state index in [1.54, 1.807) is 7.11 Å². The second-order valence-electron chi connectivity index (χ2n) is 4.60. The zero-order chi connectivity index (χ0) is 11.8. The second kappa shape index (κ2) is 8.20. The molecule has 3 nitrogen and oxygen atoms in total. The predicted molar refractivity (Wildman–Crippen MR) is 69.2 cm³/mol. The molecule has 0 aromatic rings. The summed E-state index contributed by atoms with van der Waals surface area (Å²) < 4.78 is 16.8. The van der Waals surface area contributed by atoms with Gasteiger partial charge in [0.1, 0.15) is 0 Å². The van der Waals surface area contributed by atoms with Crippen LogP contribution in [0, 0.1) is 5.92 Å². The van der Waals surface area contributed by atoms with Gasteiger partial charge < -0.3 is 10.1 Å². The van der Waals surface area contributed by atoms with Crippen molar-refractivity contribution in [3.05, 3.63) is 0 Å². The fraction of sp³-hybridized carbons (Fsp3) is 1.00. The van der Waals surface area contributed by atoms with Crippen LogP contribution in [0.15, 0.2) is 0 Å². The summed E-state index contributed by atoms with van der Waals surface area (Å²) in [5.74, 6) is 2.33. The van der Waals surface area contributed by atoms with Gasteiger partial charge in [-0.15, -0.1) is 0 Å². The van der Waals surface area contributed by atoms with Crippen LogP contribution in [0.25, 0.3) is 0 Å². The molecule has 1 aliphatic carbocycles. The molecule has 1 fully saturated rings. The van der Waals surface area contributed by atoms with Gasteiger partial charge in [-0.05, 0) is 32.2 Å². The lowest BCUT2D eigenvalue weighted by molar-refractivity contribution is 0.200. The third-order valence-electron chi connectivity index (χ3n) is 3.43. The quantitative estimate of drug-likeness (QED) is 0.661. The van der Waals surface area contributed by atoms with Gasteiger partial charge in [-0.1, -0.05) is 12.8 Å². The van der Waals surface area contributed by atoms with Crippen molar-refractivity contribution in [2.45, 2.75) is 38.1 Å². The van der Waals surface area contributed by atoms with Gasteiger partial charge in [0.05, 0.1) is 0 Å². The van der Waals surface area contributed by atoms with E-state index in [4.69, 9.17) is 4.74 Å². The summed E-state index contributed by atoms with van der Waals surface area (Å²) in [6.45, 7) is 0.722. The molecule has 16 heavy (non-hydrogen) atoms. The molecule has 0 bridgehead atoms. The number of ether oxygens (including phenoxy) is 1. The van der Waals surface area contributed by atoms with Gasteiger partial charge >= 0.3 is 0 Å².